The quantitative estimate of drug-likeness (QED) is 0.368. The highest BCUT2D eigenvalue weighted by Gasteiger charge is 2.65. The molecule has 4 unspecified atom stereocenters. The number of benzene rings is 1. The second-order valence-electron chi connectivity index (χ2n) is 8.29. The molecule has 0 bridgehead atoms. The average Bonchev–Trinajstić information content (AvgIpc) is 3.51. The fourth-order valence-electron chi connectivity index (χ4n) is 4.04. The van der Waals surface area contributed by atoms with Crippen molar-refractivity contribution in [3.63, 3.8) is 0 Å². The first-order valence-corrected chi connectivity index (χ1v) is 11.9. The smallest absolute Gasteiger partial charge is 0.330 e. The van der Waals surface area contributed by atoms with Gasteiger partial charge in [-0.05, 0) is 38.2 Å². The predicted octanol–water partition coefficient (Wildman–Crippen LogP) is 2.49. The van der Waals surface area contributed by atoms with Gasteiger partial charge >= 0.3 is 5.97 Å². The van der Waals surface area contributed by atoms with Crippen LogP contribution in [0.3, 0.4) is 0 Å². The molecule has 2 aliphatic heterocycles. The number of β-lactam (4-membered cyclic amide) rings is 1. The van der Waals surface area contributed by atoms with Crippen molar-refractivity contribution in [3.05, 3.63) is 35.9 Å². The Bertz CT molecular complexity index is 818. The summed E-state index contributed by atoms with van der Waals surface area (Å²) in [6.07, 6.45) is 2.28. The lowest BCUT2D eigenvalue weighted by Gasteiger charge is -2.44. The van der Waals surface area contributed by atoms with E-state index in [0.29, 0.717) is 11.2 Å². The van der Waals surface area contributed by atoms with Gasteiger partial charge in [0, 0.05) is 5.33 Å². The van der Waals surface area contributed by atoms with Crippen LogP contribution in [-0.2, 0) is 25.5 Å². The molecule has 1 saturated carbocycles. The third kappa shape index (κ3) is 3.93. The summed E-state index contributed by atoms with van der Waals surface area (Å²) in [5, 5.41) is 3.16. The number of esters is 1. The van der Waals surface area contributed by atoms with Crippen molar-refractivity contribution in [3.8, 4) is 0 Å². The largest absolute Gasteiger partial charge is 0.461 e. The summed E-state index contributed by atoms with van der Waals surface area (Å²) in [5.41, 5.74) is 0.897. The number of carbonyl (C=O) groups is 3. The number of rotatable bonds is 7. The normalized spacial score (nSPS) is 31.6. The van der Waals surface area contributed by atoms with Gasteiger partial charge in [0.05, 0.1) is 11.2 Å². The van der Waals surface area contributed by atoms with Crippen LogP contribution >= 0.6 is 27.7 Å². The molecule has 4 rings (SSSR count). The molecular weight excluding hydrogens is 456 g/mol. The predicted molar refractivity (Wildman–Crippen MR) is 115 cm³/mol. The molecular formula is C21H25BrN2O4S. The third-order valence-corrected chi connectivity index (χ3v) is 9.11. The minimum absolute atomic E-state index is 0.121. The molecule has 2 saturated heterocycles. The molecule has 2 amide bonds. The van der Waals surface area contributed by atoms with E-state index in [4.69, 9.17) is 4.74 Å². The lowest BCUT2D eigenvalue weighted by Crippen LogP contribution is -2.71. The van der Waals surface area contributed by atoms with Crippen molar-refractivity contribution in [2.75, 3.05) is 5.33 Å². The molecule has 1 aromatic carbocycles. The average molecular weight is 481 g/mol. The standard InChI is InChI=1S/C21H25BrN2O4S/c1-12(14-8-9-14)28-20(27)17-21(2,11-22)29-19-16(18(26)24(17)19)23-15(25)10-13-6-4-3-5-7-13/h3-7,12,14,16-17,19H,8-11H2,1-2H3,(H,23,25)/t12?,16?,17?,19-,21?/m1/s1. The summed E-state index contributed by atoms with van der Waals surface area (Å²) in [4.78, 5) is 39.8. The molecule has 2 heterocycles. The molecule has 0 aromatic heterocycles. The second-order valence-corrected chi connectivity index (χ2v) is 10.5. The number of carbonyl (C=O) groups excluding carboxylic acids is 3. The Morgan fingerprint density at radius 3 is 2.66 bits per heavy atom. The van der Waals surface area contributed by atoms with Gasteiger partial charge in [-0.25, -0.2) is 4.79 Å². The Morgan fingerprint density at radius 1 is 1.34 bits per heavy atom. The number of fused-ring (bicyclic) bond motifs is 1. The molecule has 5 atom stereocenters. The molecule has 8 heteroatoms. The first-order chi connectivity index (χ1) is 13.8. The van der Waals surface area contributed by atoms with Crippen molar-refractivity contribution in [1.29, 1.82) is 0 Å². The molecule has 3 fully saturated rings. The number of hydrogen-bond donors (Lipinski definition) is 1. The maximum atomic E-state index is 12.9. The molecule has 0 radical (unpaired) electrons. The molecule has 29 heavy (non-hydrogen) atoms. The van der Waals surface area contributed by atoms with Gasteiger partial charge < -0.3 is 15.0 Å². The lowest BCUT2D eigenvalue weighted by atomic mass is 9.95. The second kappa shape index (κ2) is 7.95. The zero-order valence-corrected chi connectivity index (χ0v) is 18.9. The molecule has 1 aliphatic carbocycles. The maximum absolute atomic E-state index is 12.9. The fraction of sp³-hybridized carbons (Fsp3) is 0.571. The molecule has 3 aliphatic rings. The van der Waals surface area contributed by atoms with E-state index in [9.17, 15) is 14.4 Å². The van der Waals surface area contributed by atoms with Gasteiger partial charge in [0.2, 0.25) is 11.8 Å². The first kappa shape index (κ1) is 20.7. The molecule has 1 N–H and O–H groups in total. The van der Waals surface area contributed by atoms with E-state index in [0.717, 1.165) is 18.4 Å². The van der Waals surface area contributed by atoms with Crippen molar-refractivity contribution < 1.29 is 19.1 Å². The van der Waals surface area contributed by atoms with Crippen LogP contribution in [0.2, 0.25) is 0 Å². The fourth-order valence-corrected chi connectivity index (χ4v) is 6.35. The number of ether oxygens (including phenoxy) is 1. The van der Waals surface area contributed by atoms with Crippen LogP contribution in [0.4, 0.5) is 0 Å². The summed E-state index contributed by atoms with van der Waals surface area (Å²) in [7, 11) is 0. The highest BCUT2D eigenvalue weighted by Crippen LogP contribution is 2.52. The van der Waals surface area contributed by atoms with Gasteiger partial charge in [-0.1, -0.05) is 46.3 Å². The number of halogens is 1. The minimum atomic E-state index is -0.646. The van der Waals surface area contributed by atoms with Gasteiger partial charge in [-0.2, -0.15) is 0 Å². The maximum Gasteiger partial charge on any atom is 0.330 e. The number of hydrogen-bond acceptors (Lipinski definition) is 5. The van der Waals surface area contributed by atoms with Gasteiger partial charge in [0.1, 0.15) is 23.6 Å². The Morgan fingerprint density at radius 2 is 2.03 bits per heavy atom. The minimum Gasteiger partial charge on any atom is -0.461 e. The number of nitrogens with one attached hydrogen (secondary N) is 1. The number of amides is 2. The molecule has 0 spiro atoms. The highest BCUT2D eigenvalue weighted by atomic mass is 79.9. The summed E-state index contributed by atoms with van der Waals surface area (Å²) >= 11 is 5.07. The topological polar surface area (TPSA) is 75.7 Å². The zero-order chi connectivity index (χ0) is 20.8. The van der Waals surface area contributed by atoms with Crippen LogP contribution < -0.4 is 5.32 Å². The van der Waals surface area contributed by atoms with E-state index < -0.39 is 16.8 Å². The van der Waals surface area contributed by atoms with E-state index >= 15 is 0 Å². The molecule has 156 valence electrons. The highest BCUT2D eigenvalue weighted by molar-refractivity contribution is 9.09. The van der Waals surface area contributed by atoms with Crippen molar-refractivity contribution in [2.24, 2.45) is 5.92 Å². The van der Waals surface area contributed by atoms with E-state index in [1.165, 1.54) is 0 Å². The van der Waals surface area contributed by atoms with E-state index in [-0.39, 0.29) is 35.7 Å². The summed E-state index contributed by atoms with van der Waals surface area (Å²) < 4.78 is 5.20. The van der Waals surface area contributed by atoms with Crippen molar-refractivity contribution >= 4 is 45.5 Å². The Kier molecular flexibility index (Phi) is 5.68. The third-order valence-electron chi connectivity index (χ3n) is 5.93. The van der Waals surface area contributed by atoms with Crippen LogP contribution in [0, 0.1) is 5.92 Å². The summed E-state index contributed by atoms with van der Waals surface area (Å²) in [6, 6.07) is 8.18. The summed E-state index contributed by atoms with van der Waals surface area (Å²) in [5.74, 6) is -0.307. The number of alkyl halides is 1. The van der Waals surface area contributed by atoms with Crippen LogP contribution in [0.5, 0.6) is 0 Å². The number of thioether (sulfide) groups is 1. The van der Waals surface area contributed by atoms with Gasteiger partial charge in [0.25, 0.3) is 0 Å². The van der Waals surface area contributed by atoms with Crippen LogP contribution in [0.25, 0.3) is 0 Å². The van der Waals surface area contributed by atoms with Gasteiger partial charge in [-0.15, -0.1) is 11.8 Å². The Hall–Kier alpha value is -1.54. The van der Waals surface area contributed by atoms with Crippen molar-refractivity contribution in [2.45, 2.75) is 61.4 Å². The Labute approximate surface area is 183 Å². The van der Waals surface area contributed by atoms with Gasteiger partial charge in [0.15, 0.2) is 0 Å². The monoisotopic (exact) mass is 480 g/mol. The first-order valence-electron chi connectivity index (χ1n) is 9.94. The molecule has 6 nitrogen and oxygen atoms in total. The zero-order valence-electron chi connectivity index (χ0n) is 16.5. The van der Waals surface area contributed by atoms with Crippen molar-refractivity contribution in [1.82, 2.24) is 10.2 Å². The SMILES string of the molecule is CC(OC(=O)C1N2C(=O)C(NC(=O)Cc3ccccc3)[C@H]2SC1(C)CBr)C1CC1. The summed E-state index contributed by atoms with van der Waals surface area (Å²) in [6.45, 7) is 3.89. The van der Waals surface area contributed by atoms with Crippen LogP contribution in [0.15, 0.2) is 30.3 Å². The van der Waals surface area contributed by atoms with Crippen LogP contribution in [-0.4, -0.2) is 56.3 Å². The van der Waals surface area contributed by atoms with E-state index in [2.05, 4.69) is 21.2 Å². The van der Waals surface area contributed by atoms with Gasteiger partial charge in [-0.3, -0.25) is 9.59 Å². The van der Waals surface area contributed by atoms with E-state index in [1.807, 2.05) is 44.2 Å². The molecule has 1 aromatic rings. The van der Waals surface area contributed by atoms with E-state index in [1.54, 1.807) is 16.7 Å². The lowest BCUT2D eigenvalue weighted by molar-refractivity contribution is -0.167. The Balaban J connectivity index is 1.43. The number of nitrogens with zero attached hydrogens (tertiary/aromatic N) is 1. The van der Waals surface area contributed by atoms with Crippen LogP contribution in [0.1, 0.15) is 32.3 Å².